The Labute approximate surface area is 69.6 Å². The molecule has 0 bridgehead atoms. The van der Waals surface area contributed by atoms with Crippen LogP contribution in [-0.4, -0.2) is 34.3 Å². The number of aliphatic hydroxyl groups excluding tert-OH is 1. The molecule has 2 rings (SSSR count). The molecule has 1 aliphatic heterocycles. The molecule has 0 spiro atoms. The van der Waals surface area contributed by atoms with Crippen LogP contribution in [0.3, 0.4) is 0 Å². The van der Waals surface area contributed by atoms with E-state index in [1.165, 1.54) is 6.33 Å². The van der Waals surface area contributed by atoms with Gasteiger partial charge in [-0.05, 0) is 0 Å². The molecule has 1 N–H and O–H groups in total. The minimum absolute atomic E-state index is 0.337. The van der Waals surface area contributed by atoms with Crippen molar-refractivity contribution in [1.82, 2.24) is 9.97 Å². The predicted molar refractivity (Wildman–Crippen MR) is 41.3 cm³/mol. The molecule has 1 aliphatic rings. The molecule has 0 saturated carbocycles. The van der Waals surface area contributed by atoms with Crippen molar-refractivity contribution in [2.45, 2.75) is 6.10 Å². The molecule has 64 valence electrons. The highest BCUT2D eigenvalue weighted by Gasteiger charge is 2.22. The third-order valence-corrected chi connectivity index (χ3v) is 1.62. The summed E-state index contributed by atoms with van der Waals surface area (Å²) in [6.45, 7) is 0.807. The zero-order valence-electron chi connectivity index (χ0n) is 6.42. The summed E-state index contributed by atoms with van der Waals surface area (Å²) in [6.07, 6.45) is 2.67. The van der Waals surface area contributed by atoms with Gasteiger partial charge in [0.25, 0.3) is 0 Å². The number of aromatic nitrogens is 2. The quantitative estimate of drug-likeness (QED) is 0.616. The van der Waals surface area contributed by atoms with E-state index in [0.717, 1.165) is 0 Å². The Hall–Kier alpha value is -1.20. The Morgan fingerprint density at radius 3 is 3.17 bits per heavy atom. The van der Waals surface area contributed by atoms with Crippen LogP contribution in [-0.2, 0) is 4.84 Å². The van der Waals surface area contributed by atoms with E-state index in [0.29, 0.717) is 19.0 Å². The highest BCUT2D eigenvalue weighted by molar-refractivity contribution is 5.33. The Bertz CT molecular complexity index is 254. The second kappa shape index (κ2) is 3.04. The maximum Gasteiger partial charge on any atom is 0.155 e. The van der Waals surface area contributed by atoms with Crippen LogP contribution in [0.15, 0.2) is 18.6 Å². The molecule has 5 heteroatoms. The van der Waals surface area contributed by atoms with Gasteiger partial charge in [0.1, 0.15) is 12.9 Å². The van der Waals surface area contributed by atoms with E-state index >= 15 is 0 Å². The number of hydrogen-bond acceptors (Lipinski definition) is 5. The predicted octanol–water partition coefficient (Wildman–Crippen LogP) is -0.411. The fourth-order valence-corrected chi connectivity index (χ4v) is 1.06. The van der Waals surface area contributed by atoms with E-state index in [1.807, 2.05) is 0 Å². The molecule has 1 atom stereocenters. The van der Waals surface area contributed by atoms with Crippen LogP contribution in [0.4, 0.5) is 5.82 Å². The lowest BCUT2D eigenvalue weighted by Gasteiger charge is -2.13. The van der Waals surface area contributed by atoms with E-state index < -0.39 is 6.10 Å². The van der Waals surface area contributed by atoms with Crippen LogP contribution in [0.2, 0.25) is 0 Å². The summed E-state index contributed by atoms with van der Waals surface area (Å²) >= 11 is 0. The molecule has 1 fully saturated rings. The van der Waals surface area contributed by atoms with Crippen LogP contribution in [0.1, 0.15) is 0 Å². The van der Waals surface area contributed by atoms with Crippen LogP contribution < -0.4 is 5.06 Å². The monoisotopic (exact) mass is 167 g/mol. The summed E-state index contributed by atoms with van der Waals surface area (Å²) in [6, 6.07) is 1.73. The van der Waals surface area contributed by atoms with Crippen molar-refractivity contribution in [2.24, 2.45) is 0 Å². The Morgan fingerprint density at radius 2 is 2.58 bits per heavy atom. The summed E-state index contributed by atoms with van der Waals surface area (Å²) in [5.41, 5.74) is 0. The summed E-state index contributed by atoms with van der Waals surface area (Å²) in [4.78, 5) is 12.9. The first kappa shape index (κ1) is 7.45. The van der Waals surface area contributed by atoms with E-state index in [4.69, 9.17) is 9.94 Å². The molecule has 0 aromatic carbocycles. The summed E-state index contributed by atoms with van der Waals surface area (Å²) in [5.74, 6) is 0.682. The van der Waals surface area contributed by atoms with Crippen LogP contribution in [0.25, 0.3) is 0 Å². The molecule has 1 aromatic rings. The van der Waals surface area contributed by atoms with Crippen LogP contribution in [0, 0.1) is 0 Å². The topological polar surface area (TPSA) is 58.5 Å². The second-order valence-corrected chi connectivity index (χ2v) is 2.58. The molecule has 0 aliphatic carbocycles. The van der Waals surface area contributed by atoms with Crippen molar-refractivity contribution >= 4 is 5.82 Å². The van der Waals surface area contributed by atoms with Crippen molar-refractivity contribution in [1.29, 1.82) is 0 Å². The fourth-order valence-electron chi connectivity index (χ4n) is 1.06. The molecule has 0 radical (unpaired) electrons. The molecule has 1 unspecified atom stereocenters. The molecule has 2 heterocycles. The maximum atomic E-state index is 9.15. The molecule has 1 aromatic heterocycles. The highest BCUT2D eigenvalue weighted by Crippen LogP contribution is 2.14. The summed E-state index contributed by atoms with van der Waals surface area (Å²) < 4.78 is 0. The minimum atomic E-state index is -0.417. The van der Waals surface area contributed by atoms with E-state index in [2.05, 4.69) is 9.97 Å². The Morgan fingerprint density at radius 1 is 1.67 bits per heavy atom. The average Bonchev–Trinajstić information content (AvgIpc) is 2.54. The molecule has 0 amide bonds. The number of aliphatic hydroxyl groups is 1. The lowest BCUT2D eigenvalue weighted by molar-refractivity contribution is 0.115. The van der Waals surface area contributed by atoms with E-state index in [1.54, 1.807) is 17.3 Å². The number of nitrogens with zero attached hydrogens (tertiary/aromatic N) is 3. The van der Waals surface area contributed by atoms with Crippen LogP contribution >= 0.6 is 0 Å². The largest absolute Gasteiger partial charge is 0.389 e. The SMILES string of the molecule is OC1CON(c2ccncn2)C1. The summed E-state index contributed by atoms with van der Waals surface area (Å²) in [5, 5.41) is 10.7. The standard InChI is InChI=1S/C7H9N3O2/c11-6-3-10(12-4-6)7-1-2-8-5-9-7/h1-2,5-6,11H,3-4H2. The van der Waals surface area contributed by atoms with Gasteiger partial charge in [-0.25, -0.2) is 15.0 Å². The molecule has 1 saturated heterocycles. The number of β-amino-alcohol motifs (C(OH)–C–C–N with tert-alkyl or cyclic N) is 1. The Kier molecular flexibility index (Phi) is 1.89. The molecular formula is C7H9N3O2. The maximum absolute atomic E-state index is 9.15. The van der Waals surface area contributed by atoms with Crippen LogP contribution in [0.5, 0.6) is 0 Å². The zero-order valence-corrected chi connectivity index (χ0v) is 6.42. The number of hydrogen-bond donors (Lipinski definition) is 1. The lowest BCUT2D eigenvalue weighted by atomic mass is 10.4. The number of rotatable bonds is 1. The van der Waals surface area contributed by atoms with Gasteiger partial charge in [-0.1, -0.05) is 0 Å². The van der Waals surface area contributed by atoms with Crippen molar-refractivity contribution in [3.05, 3.63) is 18.6 Å². The van der Waals surface area contributed by atoms with E-state index in [9.17, 15) is 0 Å². The van der Waals surface area contributed by atoms with Crippen molar-refractivity contribution in [2.75, 3.05) is 18.2 Å². The van der Waals surface area contributed by atoms with E-state index in [-0.39, 0.29) is 0 Å². The Balaban J connectivity index is 2.11. The number of anilines is 1. The van der Waals surface area contributed by atoms with Gasteiger partial charge < -0.3 is 5.11 Å². The lowest BCUT2D eigenvalue weighted by Crippen LogP contribution is -2.20. The minimum Gasteiger partial charge on any atom is -0.389 e. The molecular weight excluding hydrogens is 158 g/mol. The first-order chi connectivity index (χ1) is 5.86. The van der Waals surface area contributed by atoms with Gasteiger partial charge >= 0.3 is 0 Å². The van der Waals surface area contributed by atoms with Crippen molar-refractivity contribution in [3.8, 4) is 0 Å². The average molecular weight is 167 g/mol. The first-order valence-electron chi connectivity index (χ1n) is 3.71. The third kappa shape index (κ3) is 1.37. The molecule has 12 heavy (non-hydrogen) atoms. The summed E-state index contributed by atoms with van der Waals surface area (Å²) in [7, 11) is 0. The molecule has 5 nitrogen and oxygen atoms in total. The third-order valence-electron chi connectivity index (χ3n) is 1.62. The smallest absolute Gasteiger partial charge is 0.155 e. The van der Waals surface area contributed by atoms with Gasteiger partial charge in [0.15, 0.2) is 5.82 Å². The van der Waals surface area contributed by atoms with Gasteiger partial charge in [-0.15, -0.1) is 0 Å². The van der Waals surface area contributed by atoms with Gasteiger partial charge in [0, 0.05) is 12.3 Å². The first-order valence-corrected chi connectivity index (χ1v) is 3.71. The normalized spacial score (nSPS) is 23.1. The second-order valence-electron chi connectivity index (χ2n) is 2.58. The van der Waals surface area contributed by atoms with Gasteiger partial charge in [-0.2, -0.15) is 0 Å². The fraction of sp³-hybridized carbons (Fsp3) is 0.429. The van der Waals surface area contributed by atoms with Crippen molar-refractivity contribution < 1.29 is 9.94 Å². The van der Waals surface area contributed by atoms with Gasteiger partial charge in [-0.3, -0.25) is 4.84 Å². The highest BCUT2D eigenvalue weighted by atomic mass is 16.7. The van der Waals surface area contributed by atoms with Crippen molar-refractivity contribution in [3.63, 3.8) is 0 Å². The van der Waals surface area contributed by atoms with Gasteiger partial charge in [0.05, 0.1) is 12.6 Å². The zero-order chi connectivity index (χ0) is 8.39. The van der Waals surface area contributed by atoms with Gasteiger partial charge in [0.2, 0.25) is 0 Å². The number of hydroxylamine groups is 1.